The number of nitrogens with zero attached hydrogens (tertiary/aromatic N) is 1. The first kappa shape index (κ1) is 9.55. The summed E-state index contributed by atoms with van der Waals surface area (Å²) in [5.41, 5.74) is 0.366. The summed E-state index contributed by atoms with van der Waals surface area (Å²) < 4.78 is 26.2. The molecule has 1 aliphatic rings. The predicted molar refractivity (Wildman–Crippen MR) is 49.2 cm³/mol. The van der Waals surface area contributed by atoms with E-state index in [1.54, 1.807) is 5.01 Å². The standard InChI is InChI=1S/C10H12F2N2/c11-7-3-4-9(12)8(6-7)10-2-1-5-14(10)13/h3-4,6,10H,1-2,5,13H2/t10-/m1/s1. The van der Waals surface area contributed by atoms with Crippen molar-refractivity contribution in [1.82, 2.24) is 5.01 Å². The second-order valence-corrected chi connectivity index (χ2v) is 3.56. The molecule has 1 atom stereocenters. The molecule has 0 bridgehead atoms. The van der Waals surface area contributed by atoms with Crippen LogP contribution in [0.1, 0.15) is 24.4 Å². The van der Waals surface area contributed by atoms with E-state index in [1.807, 2.05) is 0 Å². The first-order valence-electron chi connectivity index (χ1n) is 4.65. The lowest BCUT2D eigenvalue weighted by atomic mass is 10.0. The van der Waals surface area contributed by atoms with Crippen molar-refractivity contribution in [3.8, 4) is 0 Å². The molecule has 0 radical (unpaired) electrons. The lowest BCUT2D eigenvalue weighted by Crippen LogP contribution is -2.30. The first-order valence-corrected chi connectivity index (χ1v) is 4.65. The molecule has 0 saturated carbocycles. The summed E-state index contributed by atoms with van der Waals surface area (Å²) in [5, 5.41) is 1.57. The van der Waals surface area contributed by atoms with Crippen LogP contribution in [0.2, 0.25) is 0 Å². The SMILES string of the molecule is NN1CCC[C@@H]1c1cc(F)ccc1F. The molecule has 1 heterocycles. The summed E-state index contributed by atoms with van der Waals surface area (Å²) in [6.07, 6.45) is 1.72. The van der Waals surface area contributed by atoms with E-state index in [4.69, 9.17) is 5.84 Å². The van der Waals surface area contributed by atoms with Gasteiger partial charge < -0.3 is 0 Å². The Hall–Kier alpha value is -1.00. The number of benzene rings is 1. The van der Waals surface area contributed by atoms with E-state index >= 15 is 0 Å². The number of hydrogen-bond donors (Lipinski definition) is 1. The first-order chi connectivity index (χ1) is 6.68. The van der Waals surface area contributed by atoms with Crippen molar-refractivity contribution < 1.29 is 8.78 Å². The maximum atomic E-state index is 13.3. The summed E-state index contributed by atoms with van der Waals surface area (Å²) in [4.78, 5) is 0. The molecule has 4 heteroatoms. The van der Waals surface area contributed by atoms with Crippen molar-refractivity contribution >= 4 is 0 Å². The van der Waals surface area contributed by atoms with Gasteiger partial charge in [0.25, 0.3) is 0 Å². The molecule has 2 rings (SSSR count). The van der Waals surface area contributed by atoms with Gasteiger partial charge in [-0.05, 0) is 31.0 Å². The molecule has 0 aromatic heterocycles. The minimum atomic E-state index is -0.415. The number of halogens is 2. The van der Waals surface area contributed by atoms with Gasteiger partial charge in [-0.25, -0.2) is 13.8 Å². The van der Waals surface area contributed by atoms with Crippen LogP contribution < -0.4 is 5.84 Å². The highest BCUT2D eigenvalue weighted by atomic mass is 19.1. The van der Waals surface area contributed by atoms with Crippen LogP contribution in [0, 0.1) is 11.6 Å². The number of hydrazine groups is 1. The van der Waals surface area contributed by atoms with Gasteiger partial charge in [0.15, 0.2) is 0 Å². The third-order valence-electron chi connectivity index (χ3n) is 2.61. The van der Waals surface area contributed by atoms with Gasteiger partial charge in [-0.1, -0.05) is 0 Å². The molecule has 76 valence electrons. The normalized spacial score (nSPS) is 22.9. The Morgan fingerprint density at radius 3 is 2.79 bits per heavy atom. The molecule has 2 N–H and O–H groups in total. The molecule has 1 aliphatic heterocycles. The smallest absolute Gasteiger partial charge is 0.128 e. The number of nitrogens with two attached hydrogens (primary N) is 1. The lowest BCUT2D eigenvalue weighted by Gasteiger charge is -2.19. The molecule has 0 amide bonds. The van der Waals surface area contributed by atoms with E-state index in [0.717, 1.165) is 31.5 Å². The second-order valence-electron chi connectivity index (χ2n) is 3.56. The average molecular weight is 198 g/mol. The minimum absolute atomic E-state index is 0.175. The summed E-state index contributed by atoms with van der Waals surface area (Å²) in [5.74, 6) is 4.88. The molecule has 1 fully saturated rings. The Kier molecular flexibility index (Phi) is 2.48. The molecular weight excluding hydrogens is 186 g/mol. The van der Waals surface area contributed by atoms with Crippen LogP contribution in [0.3, 0.4) is 0 Å². The van der Waals surface area contributed by atoms with Crippen molar-refractivity contribution in [1.29, 1.82) is 0 Å². The highest BCUT2D eigenvalue weighted by Gasteiger charge is 2.25. The third-order valence-corrected chi connectivity index (χ3v) is 2.61. The van der Waals surface area contributed by atoms with Gasteiger partial charge in [0.05, 0.1) is 6.04 Å². The number of rotatable bonds is 1. The molecule has 1 saturated heterocycles. The van der Waals surface area contributed by atoms with Gasteiger partial charge in [-0.2, -0.15) is 0 Å². The predicted octanol–water partition coefficient (Wildman–Crippen LogP) is 1.98. The van der Waals surface area contributed by atoms with Crippen LogP contribution in [-0.4, -0.2) is 11.6 Å². The topological polar surface area (TPSA) is 29.3 Å². The van der Waals surface area contributed by atoms with E-state index in [9.17, 15) is 8.78 Å². The fraction of sp³-hybridized carbons (Fsp3) is 0.400. The number of hydrogen-bond acceptors (Lipinski definition) is 2. The monoisotopic (exact) mass is 198 g/mol. The van der Waals surface area contributed by atoms with Crippen LogP contribution in [0.4, 0.5) is 8.78 Å². The molecular formula is C10H12F2N2. The highest BCUT2D eigenvalue weighted by molar-refractivity contribution is 5.23. The Bertz CT molecular complexity index is 341. The quantitative estimate of drug-likeness (QED) is 0.699. The van der Waals surface area contributed by atoms with E-state index < -0.39 is 5.82 Å². The summed E-state index contributed by atoms with van der Waals surface area (Å²) >= 11 is 0. The average Bonchev–Trinajstić information content (AvgIpc) is 2.56. The third kappa shape index (κ3) is 1.63. The Labute approximate surface area is 81.3 Å². The zero-order valence-electron chi connectivity index (χ0n) is 7.71. The Morgan fingerprint density at radius 1 is 1.36 bits per heavy atom. The molecule has 1 aromatic rings. The van der Waals surface area contributed by atoms with E-state index in [2.05, 4.69) is 0 Å². The van der Waals surface area contributed by atoms with Gasteiger partial charge in [-0.15, -0.1) is 0 Å². The van der Waals surface area contributed by atoms with Crippen molar-refractivity contribution in [2.24, 2.45) is 5.84 Å². The summed E-state index contributed by atoms with van der Waals surface area (Å²) in [6, 6.07) is 3.32. The molecule has 14 heavy (non-hydrogen) atoms. The zero-order chi connectivity index (χ0) is 10.1. The molecule has 0 aliphatic carbocycles. The van der Waals surface area contributed by atoms with E-state index in [0.29, 0.717) is 5.56 Å². The van der Waals surface area contributed by atoms with Crippen molar-refractivity contribution in [2.45, 2.75) is 18.9 Å². The van der Waals surface area contributed by atoms with Gasteiger partial charge in [0.2, 0.25) is 0 Å². The van der Waals surface area contributed by atoms with Crippen molar-refractivity contribution in [3.05, 3.63) is 35.4 Å². The van der Waals surface area contributed by atoms with Crippen molar-refractivity contribution in [3.63, 3.8) is 0 Å². The van der Waals surface area contributed by atoms with Gasteiger partial charge in [0.1, 0.15) is 11.6 Å². The lowest BCUT2D eigenvalue weighted by molar-refractivity contribution is 0.260. The fourth-order valence-corrected chi connectivity index (χ4v) is 1.89. The maximum Gasteiger partial charge on any atom is 0.128 e. The largest absolute Gasteiger partial charge is 0.268 e. The van der Waals surface area contributed by atoms with Crippen molar-refractivity contribution in [2.75, 3.05) is 6.54 Å². The Morgan fingerprint density at radius 2 is 2.14 bits per heavy atom. The molecule has 0 spiro atoms. The fourth-order valence-electron chi connectivity index (χ4n) is 1.89. The molecule has 1 aromatic carbocycles. The summed E-state index contributed by atoms with van der Waals surface area (Å²) in [7, 11) is 0. The van der Waals surface area contributed by atoms with Crippen LogP contribution >= 0.6 is 0 Å². The minimum Gasteiger partial charge on any atom is -0.268 e. The second kappa shape index (κ2) is 3.63. The molecule has 0 unspecified atom stereocenters. The summed E-state index contributed by atoms with van der Waals surface area (Å²) in [6.45, 7) is 0.737. The molecule has 2 nitrogen and oxygen atoms in total. The van der Waals surface area contributed by atoms with Gasteiger partial charge in [-0.3, -0.25) is 5.84 Å². The van der Waals surface area contributed by atoms with E-state index in [-0.39, 0.29) is 11.9 Å². The van der Waals surface area contributed by atoms with E-state index in [1.165, 1.54) is 6.07 Å². The maximum absolute atomic E-state index is 13.3. The van der Waals surface area contributed by atoms with Crippen LogP contribution in [0.5, 0.6) is 0 Å². The van der Waals surface area contributed by atoms with Crippen LogP contribution in [-0.2, 0) is 0 Å². The van der Waals surface area contributed by atoms with Gasteiger partial charge >= 0.3 is 0 Å². The van der Waals surface area contributed by atoms with Crippen LogP contribution in [0.15, 0.2) is 18.2 Å². The zero-order valence-corrected chi connectivity index (χ0v) is 7.71. The van der Waals surface area contributed by atoms with Crippen LogP contribution in [0.25, 0.3) is 0 Å². The Balaban J connectivity index is 2.34. The highest BCUT2D eigenvalue weighted by Crippen LogP contribution is 2.30. The van der Waals surface area contributed by atoms with Gasteiger partial charge in [0, 0.05) is 12.1 Å².